The van der Waals surface area contributed by atoms with Crippen LogP contribution in [0.5, 0.6) is 0 Å². The zero-order chi connectivity index (χ0) is 9.28. The summed E-state index contributed by atoms with van der Waals surface area (Å²) < 4.78 is 0. The molecule has 64 valence electrons. The molecule has 1 atom stereocenters. The first-order chi connectivity index (χ1) is 4.75. The molecular formula is C8H19NSi2. The van der Waals surface area contributed by atoms with Gasteiger partial charge in [0.1, 0.15) is 0 Å². The molecule has 0 heterocycles. The van der Waals surface area contributed by atoms with Crippen molar-refractivity contribution >= 4 is 15.3 Å². The molecule has 0 saturated heterocycles. The van der Waals surface area contributed by atoms with E-state index in [0.29, 0.717) is 0 Å². The predicted octanol–water partition coefficient (Wildman–Crippen LogP) is 2.15. The average molecular weight is 185 g/mol. The summed E-state index contributed by atoms with van der Waals surface area (Å²) in [6, 6.07) is 0. The molecule has 1 nitrogen and oxygen atoms in total. The van der Waals surface area contributed by atoms with Crippen molar-refractivity contribution in [1.82, 2.24) is 0 Å². The molecule has 0 fully saturated rings. The Kier molecular flexibility index (Phi) is 3.05. The van der Waals surface area contributed by atoms with Crippen LogP contribution in [0.3, 0.4) is 0 Å². The molecule has 0 aromatic rings. The van der Waals surface area contributed by atoms with Crippen LogP contribution in [0.25, 0.3) is 0 Å². The van der Waals surface area contributed by atoms with Crippen molar-refractivity contribution in [3.05, 3.63) is 24.1 Å². The van der Waals surface area contributed by atoms with Crippen LogP contribution in [0.15, 0.2) is 24.1 Å². The predicted molar refractivity (Wildman–Crippen MR) is 58.3 cm³/mol. The van der Waals surface area contributed by atoms with E-state index in [9.17, 15) is 0 Å². The van der Waals surface area contributed by atoms with Crippen LogP contribution in [0.4, 0.5) is 0 Å². The van der Waals surface area contributed by atoms with Gasteiger partial charge in [0, 0.05) is 0 Å². The van der Waals surface area contributed by atoms with Crippen LogP contribution in [0.2, 0.25) is 19.6 Å². The lowest BCUT2D eigenvalue weighted by molar-refractivity contribution is 1.56. The van der Waals surface area contributed by atoms with E-state index in [1.807, 2.05) is 12.6 Å². The molecule has 0 aromatic heterocycles. The van der Waals surface area contributed by atoms with Crippen LogP contribution in [-0.4, -0.2) is 15.3 Å². The Morgan fingerprint density at radius 3 is 1.73 bits per heavy atom. The quantitative estimate of drug-likeness (QED) is 0.670. The Morgan fingerprint density at radius 2 is 1.73 bits per heavy atom. The number of rotatable bonds is 3. The van der Waals surface area contributed by atoms with Crippen LogP contribution in [0.1, 0.15) is 6.92 Å². The molecule has 0 rings (SSSR count). The van der Waals surface area contributed by atoms with Gasteiger partial charge < -0.3 is 5.40 Å². The summed E-state index contributed by atoms with van der Waals surface area (Å²) in [5.74, 6) is 0. The van der Waals surface area contributed by atoms with Gasteiger partial charge in [-0.05, 0) is 6.92 Å². The maximum absolute atomic E-state index is 6.30. The smallest absolute Gasteiger partial charge is 0.161 e. The minimum absolute atomic E-state index is 1.16. The van der Waals surface area contributed by atoms with Crippen molar-refractivity contribution in [3.63, 3.8) is 0 Å². The molecule has 0 radical (unpaired) electrons. The third-order valence-electron chi connectivity index (χ3n) is 2.27. The fraction of sp³-hybridized carbons (Fsp3) is 0.500. The van der Waals surface area contributed by atoms with Gasteiger partial charge in [0.2, 0.25) is 0 Å². The van der Waals surface area contributed by atoms with Crippen molar-refractivity contribution in [3.8, 4) is 0 Å². The lowest BCUT2D eigenvalue weighted by atomic mass is 10.8. The van der Waals surface area contributed by atoms with Gasteiger partial charge in [-0.15, -0.1) is 13.2 Å². The second-order valence-corrected chi connectivity index (χ2v) is 18.6. The molecule has 1 unspecified atom stereocenters. The second kappa shape index (κ2) is 3.09. The standard InChI is InChI=1S/C8H19NSi2/c1-7-11(9,8(2)3)10(4,5)6/h7H,1-2,9H2,3-6H3. The third-order valence-corrected chi connectivity index (χ3v) is 16.1. The first-order valence-electron chi connectivity index (χ1n) is 3.84. The molecule has 0 saturated carbocycles. The zero-order valence-electron chi connectivity index (χ0n) is 8.07. The first-order valence-corrected chi connectivity index (χ1v) is 10.5. The van der Waals surface area contributed by atoms with E-state index in [0.717, 1.165) is 5.20 Å². The maximum atomic E-state index is 6.30. The largest absolute Gasteiger partial charge is 0.346 e. The monoisotopic (exact) mass is 185 g/mol. The van der Waals surface area contributed by atoms with Crippen molar-refractivity contribution in [2.75, 3.05) is 0 Å². The first kappa shape index (κ1) is 10.9. The van der Waals surface area contributed by atoms with Crippen molar-refractivity contribution < 1.29 is 0 Å². The second-order valence-electron chi connectivity index (χ2n) is 4.10. The lowest BCUT2D eigenvalue weighted by Crippen LogP contribution is -2.64. The summed E-state index contributed by atoms with van der Waals surface area (Å²) in [4.78, 5) is 0. The molecule has 0 aliphatic carbocycles. The highest BCUT2D eigenvalue weighted by atomic mass is 29.3. The van der Waals surface area contributed by atoms with Gasteiger partial charge in [-0.1, -0.05) is 30.5 Å². The molecule has 0 aliphatic rings. The fourth-order valence-electron chi connectivity index (χ4n) is 1.12. The molecule has 11 heavy (non-hydrogen) atoms. The summed E-state index contributed by atoms with van der Waals surface area (Å²) in [6.45, 7) is 16.7. The average Bonchev–Trinajstić information content (AvgIpc) is 1.83. The molecular weight excluding hydrogens is 166 g/mol. The number of nitrogens with two attached hydrogens (primary N) is 1. The summed E-state index contributed by atoms with van der Waals surface area (Å²) >= 11 is 0. The van der Waals surface area contributed by atoms with Crippen LogP contribution < -0.4 is 5.40 Å². The van der Waals surface area contributed by atoms with E-state index in [4.69, 9.17) is 5.40 Å². The Bertz CT molecular complexity index is 181. The molecule has 0 aromatic carbocycles. The third kappa shape index (κ3) is 1.92. The number of allylic oxidation sites excluding steroid dienone is 1. The Balaban J connectivity index is 4.91. The Hall–Kier alpha value is -0.126. The molecule has 0 amide bonds. The summed E-state index contributed by atoms with van der Waals surface area (Å²) in [5.41, 5.74) is 1.97. The van der Waals surface area contributed by atoms with Gasteiger partial charge in [-0.3, -0.25) is 0 Å². The van der Waals surface area contributed by atoms with Crippen LogP contribution in [0, 0.1) is 0 Å². The highest BCUT2D eigenvalue weighted by Crippen LogP contribution is 2.20. The van der Waals surface area contributed by atoms with Crippen LogP contribution >= 0.6 is 0 Å². The Labute approximate surface area is 71.9 Å². The fourth-order valence-corrected chi connectivity index (χ4v) is 9.04. The Morgan fingerprint density at radius 1 is 1.36 bits per heavy atom. The van der Waals surface area contributed by atoms with E-state index in [1.165, 1.54) is 0 Å². The van der Waals surface area contributed by atoms with E-state index >= 15 is 0 Å². The summed E-state index contributed by atoms with van der Waals surface area (Å²) in [5, 5.41) is 7.46. The van der Waals surface area contributed by atoms with Gasteiger partial charge in [0.25, 0.3) is 0 Å². The molecule has 2 N–H and O–H groups in total. The number of hydrogen-bond donors (Lipinski definition) is 1. The van der Waals surface area contributed by atoms with Crippen LogP contribution in [-0.2, 0) is 0 Å². The van der Waals surface area contributed by atoms with E-state index in [-0.39, 0.29) is 0 Å². The molecule has 0 bridgehead atoms. The van der Waals surface area contributed by atoms with Gasteiger partial charge >= 0.3 is 0 Å². The number of hydrogen-bond acceptors (Lipinski definition) is 1. The minimum atomic E-state index is -1.79. The minimum Gasteiger partial charge on any atom is -0.346 e. The van der Waals surface area contributed by atoms with E-state index < -0.39 is 15.3 Å². The highest BCUT2D eigenvalue weighted by molar-refractivity contribution is 7.44. The molecule has 0 spiro atoms. The molecule has 0 aliphatic heterocycles. The molecule has 3 heteroatoms. The SMILES string of the molecule is C=C[Si](N)(C(=C)C)[Si](C)(C)C. The maximum Gasteiger partial charge on any atom is 0.161 e. The highest BCUT2D eigenvalue weighted by Gasteiger charge is 2.40. The zero-order valence-corrected chi connectivity index (χ0v) is 10.1. The lowest BCUT2D eigenvalue weighted by Gasteiger charge is -2.35. The summed E-state index contributed by atoms with van der Waals surface area (Å²) in [6.07, 6.45) is 0. The topological polar surface area (TPSA) is 26.0 Å². The van der Waals surface area contributed by atoms with Gasteiger partial charge in [0.15, 0.2) is 7.75 Å². The van der Waals surface area contributed by atoms with E-state index in [1.54, 1.807) is 0 Å². The summed E-state index contributed by atoms with van der Waals surface area (Å²) in [7, 11) is -3.07. The normalized spacial score (nSPS) is 17.2. The van der Waals surface area contributed by atoms with Gasteiger partial charge in [-0.2, -0.15) is 0 Å². The van der Waals surface area contributed by atoms with Crippen molar-refractivity contribution in [2.45, 2.75) is 26.6 Å². The van der Waals surface area contributed by atoms with Crippen molar-refractivity contribution in [1.29, 1.82) is 0 Å². The van der Waals surface area contributed by atoms with E-state index in [2.05, 4.69) is 32.8 Å². The van der Waals surface area contributed by atoms with Crippen molar-refractivity contribution in [2.24, 2.45) is 5.40 Å². The van der Waals surface area contributed by atoms with Gasteiger partial charge in [0.05, 0.1) is 7.59 Å². The van der Waals surface area contributed by atoms with Gasteiger partial charge in [-0.25, -0.2) is 0 Å².